The molecule has 1 aromatic rings. The van der Waals surface area contributed by atoms with Crippen molar-refractivity contribution in [2.45, 2.75) is 58.7 Å². The Labute approximate surface area is 122 Å². The standard InChI is InChI=1S/C14H30N6/c1-7-14(4,19(5)6)12(18-15)8-13-16-10-17-20(13)9-11(2)3/h10-12,18H,7-9,15H2,1-6H3. The number of aromatic nitrogens is 3. The van der Waals surface area contributed by atoms with E-state index in [2.05, 4.69) is 62.2 Å². The van der Waals surface area contributed by atoms with Crippen LogP contribution in [0, 0.1) is 5.92 Å². The van der Waals surface area contributed by atoms with Crippen LogP contribution in [0.25, 0.3) is 0 Å². The van der Waals surface area contributed by atoms with Crippen LogP contribution in [-0.2, 0) is 13.0 Å². The first-order chi connectivity index (χ1) is 9.35. The van der Waals surface area contributed by atoms with Gasteiger partial charge in [-0.2, -0.15) is 5.10 Å². The van der Waals surface area contributed by atoms with Crippen LogP contribution in [0.2, 0.25) is 0 Å². The van der Waals surface area contributed by atoms with Gasteiger partial charge in [-0.1, -0.05) is 20.8 Å². The third kappa shape index (κ3) is 3.77. The minimum Gasteiger partial charge on any atom is -0.302 e. The second-order valence-electron chi connectivity index (χ2n) is 6.28. The van der Waals surface area contributed by atoms with Crippen LogP contribution in [0.15, 0.2) is 6.33 Å². The van der Waals surface area contributed by atoms with Crippen LogP contribution in [0.4, 0.5) is 0 Å². The highest BCUT2D eigenvalue weighted by Gasteiger charge is 2.35. The molecule has 1 heterocycles. The SMILES string of the molecule is CCC(C)(C(Cc1ncnn1CC(C)C)NN)N(C)C. The van der Waals surface area contributed by atoms with Gasteiger partial charge in [0.25, 0.3) is 0 Å². The van der Waals surface area contributed by atoms with Gasteiger partial charge in [0.05, 0.1) is 0 Å². The topological polar surface area (TPSA) is 72.0 Å². The molecule has 0 bridgehead atoms. The van der Waals surface area contributed by atoms with E-state index in [-0.39, 0.29) is 11.6 Å². The summed E-state index contributed by atoms with van der Waals surface area (Å²) in [6.07, 6.45) is 3.41. The Balaban J connectivity index is 2.91. The molecule has 6 nitrogen and oxygen atoms in total. The van der Waals surface area contributed by atoms with Gasteiger partial charge in [0.2, 0.25) is 0 Å². The van der Waals surface area contributed by atoms with Crippen LogP contribution < -0.4 is 11.3 Å². The Kier molecular flexibility index (Phi) is 6.10. The van der Waals surface area contributed by atoms with Crippen molar-refractivity contribution in [1.29, 1.82) is 0 Å². The number of likely N-dealkylation sites (N-methyl/N-ethyl adjacent to an activating group) is 1. The maximum Gasteiger partial charge on any atom is 0.138 e. The van der Waals surface area contributed by atoms with Crippen LogP contribution in [0.1, 0.15) is 39.9 Å². The second kappa shape index (κ2) is 7.15. The van der Waals surface area contributed by atoms with Crippen molar-refractivity contribution in [3.63, 3.8) is 0 Å². The van der Waals surface area contributed by atoms with E-state index < -0.39 is 0 Å². The van der Waals surface area contributed by atoms with Crippen molar-refractivity contribution >= 4 is 0 Å². The van der Waals surface area contributed by atoms with Gasteiger partial charge < -0.3 is 4.90 Å². The lowest BCUT2D eigenvalue weighted by atomic mass is 9.86. The highest BCUT2D eigenvalue weighted by Crippen LogP contribution is 2.23. The molecule has 2 atom stereocenters. The smallest absolute Gasteiger partial charge is 0.138 e. The quantitative estimate of drug-likeness (QED) is 0.550. The molecular formula is C14H30N6. The van der Waals surface area contributed by atoms with Crippen LogP contribution in [0.5, 0.6) is 0 Å². The fourth-order valence-corrected chi connectivity index (χ4v) is 2.46. The highest BCUT2D eigenvalue weighted by atomic mass is 15.3. The number of hydrogen-bond acceptors (Lipinski definition) is 5. The molecule has 3 N–H and O–H groups in total. The predicted octanol–water partition coefficient (Wildman–Crippen LogP) is 1.04. The van der Waals surface area contributed by atoms with E-state index >= 15 is 0 Å². The van der Waals surface area contributed by atoms with E-state index in [1.165, 1.54) is 0 Å². The van der Waals surface area contributed by atoms with Gasteiger partial charge in [0.15, 0.2) is 0 Å². The fourth-order valence-electron chi connectivity index (χ4n) is 2.46. The first-order valence-corrected chi connectivity index (χ1v) is 7.35. The summed E-state index contributed by atoms with van der Waals surface area (Å²) in [7, 11) is 4.18. The summed E-state index contributed by atoms with van der Waals surface area (Å²) in [4.78, 5) is 6.62. The normalized spacial score (nSPS) is 16.6. The summed E-state index contributed by atoms with van der Waals surface area (Å²) < 4.78 is 1.99. The Hall–Kier alpha value is -0.980. The summed E-state index contributed by atoms with van der Waals surface area (Å²) in [5, 5.41) is 4.32. The second-order valence-corrected chi connectivity index (χ2v) is 6.28. The number of rotatable bonds is 8. The van der Waals surface area contributed by atoms with Crippen LogP contribution in [0.3, 0.4) is 0 Å². The van der Waals surface area contributed by atoms with E-state index in [0.29, 0.717) is 5.92 Å². The molecule has 2 unspecified atom stereocenters. The molecule has 0 saturated heterocycles. The van der Waals surface area contributed by atoms with Crippen molar-refractivity contribution in [3.8, 4) is 0 Å². The molecule has 0 aliphatic heterocycles. The summed E-state index contributed by atoms with van der Waals surface area (Å²) in [6.45, 7) is 9.65. The number of nitrogens with zero attached hydrogens (tertiary/aromatic N) is 4. The Morgan fingerprint density at radius 2 is 2.10 bits per heavy atom. The fraction of sp³-hybridized carbons (Fsp3) is 0.857. The predicted molar refractivity (Wildman–Crippen MR) is 82.1 cm³/mol. The van der Waals surface area contributed by atoms with Gasteiger partial charge >= 0.3 is 0 Å². The molecule has 1 rings (SSSR count). The van der Waals surface area contributed by atoms with E-state index in [1.54, 1.807) is 6.33 Å². The zero-order valence-corrected chi connectivity index (χ0v) is 13.7. The first-order valence-electron chi connectivity index (χ1n) is 7.35. The number of hydrazine groups is 1. The lowest BCUT2D eigenvalue weighted by Gasteiger charge is -2.42. The van der Waals surface area contributed by atoms with Crippen molar-refractivity contribution in [2.75, 3.05) is 14.1 Å². The van der Waals surface area contributed by atoms with E-state index in [0.717, 1.165) is 25.2 Å². The molecule has 1 aromatic heterocycles. The molecular weight excluding hydrogens is 252 g/mol. The molecule has 0 aliphatic carbocycles. The number of hydrogen-bond donors (Lipinski definition) is 2. The van der Waals surface area contributed by atoms with E-state index in [1.807, 2.05) is 4.68 Å². The Bertz CT molecular complexity index is 400. The average Bonchev–Trinajstić information content (AvgIpc) is 2.81. The highest BCUT2D eigenvalue weighted by molar-refractivity contribution is 5.00. The van der Waals surface area contributed by atoms with Crippen molar-refractivity contribution in [3.05, 3.63) is 12.2 Å². The number of nitrogens with two attached hydrogens (primary N) is 1. The van der Waals surface area contributed by atoms with Gasteiger partial charge in [-0.15, -0.1) is 0 Å². The molecule has 0 amide bonds. The third-order valence-electron chi connectivity index (χ3n) is 4.31. The van der Waals surface area contributed by atoms with E-state index in [9.17, 15) is 0 Å². The van der Waals surface area contributed by atoms with Gasteiger partial charge in [-0.3, -0.25) is 11.3 Å². The van der Waals surface area contributed by atoms with Gasteiger partial charge in [0, 0.05) is 24.5 Å². The average molecular weight is 282 g/mol. The maximum absolute atomic E-state index is 5.81. The van der Waals surface area contributed by atoms with Crippen molar-refractivity contribution < 1.29 is 0 Å². The molecule has 0 fully saturated rings. The van der Waals surface area contributed by atoms with Crippen LogP contribution >= 0.6 is 0 Å². The molecule has 20 heavy (non-hydrogen) atoms. The lowest BCUT2D eigenvalue weighted by molar-refractivity contribution is 0.111. The molecule has 0 radical (unpaired) electrons. The molecule has 0 spiro atoms. The molecule has 116 valence electrons. The summed E-state index contributed by atoms with van der Waals surface area (Å²) in [5.74, 6) is 7.34. The monoisotopic (exact) mass is 282 g/mol. The molecule has 6 heteroatoms. The summed E-state index contributed by atoms with van der Waals surface area (Å²) >= 11 is 0. The minimum absolute atomic E-state index is 0.0244. The Morgan fingerprint density at radius 3 is 2.55 bits per heavy atom. The zero-order valence-electron chi connectivity index (χ0n) is 13.7. The van der Waals surface area contributed by atoms with Crippen LogP contribution in [-0.4, -0.2) is 45.3 Å². The van der Waals surface area contributed by atoms with Gasteiger partial charge in [0.1, 0.15) is 12.2 Å². The maximum atomic E-state index is 5.81. The Morgan fingerprint density at radius 1 is 1.45 bits per heavy atom. The summed E-state index contributed by atoms with van der Waals surface area (Å²) in [5.41, 5.74) is 2.95. The third-order valence-corrected chi connectivity index (χ3v) is 4.31. The van der Waals surface area contributed by atoms with Crippen molar-refractivity contribution in [1.82, 2.24) is 25.1 Å². The minimum atomic E-state index is -0.0244. The summed E-state index contributed by atoms with van der Waals surface area (Å²) in [6, 6.07) is 0.123. The lowest BCUT2D eigenvalue weighted by Crippen LogP contribution is -2.59. The van der Waals surface area contributed by atoms with Gasteiger partial charge in [-0.05, 0) is 33.4 Å². The zero-order chi connectivity index (χ0) is 15.3. The van der Waals surface area contributed by atoms with Crippen molar-refractivity contribution in [2.24, 2.45) is 11.8 Å². The molecule has 0 aromatic carbocycles. The number of nitrogens with one attached hydrogen (secondary N) is 1. The molecule has 0 aliphatic rings. The largest absolute Gasteiger partial charge is 0.302 e. The van der Waals surface area contributed by atoms with Gasteiger partial charge in [-0.25, -0.2) is 9.67 Å². The first kappa shape index (κ1) is 17.1. The molecule has 0 saturated carbocycles. The van der Waals surface area contributed by atoms with E-state index in [4.69, 9.17) is 5.84 Å².